The van der Waals surface area contributed by atoms with Gasteiger partial charge >= 0.3 is 5.97 Å². The molecule has 2 aromatic rings. The largest absolute Gasteiger partial charge is 0.477 e. The van der Waals surface area contributed by atoms with E-state index in [4.69, 9.17) is 10.4 Å². The lowest BCUT2D eigenvalue weighted by Crippen LogP contribution is -2.35. The first-order valence-electron chi connectivity index (χ1n) is 10.8. The van der Waals surface area contributed by atoms with E-state index in [0.29, 0.717) is 0 Å². The Hall–Kier alpha value is -3.26. The molecule has 152 valence electrons. The number of rotatable bonds is 3. The van der Waals surface area contributed by atoms with Crippen LogP contribution in [0.25, 0.3) is 6.08 Å². The van der Waals surface area contributed by atoms with E-state index in [0.717, 1.165) is 37.8 Å². The fourth-order valence-corrected chi connectivity index (χ4v) is 5.22. The summed E-state index contributed by atoms with van der Waals surface area (Å²) in [5.41, 5.74) is 8.69. The zero-order valence-electron chi connectivity index (χ0n) is 17.0. The molecule has 3 aliphatic rings. The summed E-state index contributed by atoms with van der Waals surface area (Å²) in [6.45, 7) is 3.36. The van der Waals surface area contributed by atoms with Crippen molar-refractivity contribution in [3.05, 3.63) is 58.2 Å². The first-order valence-corrected chi connectivity index (χ1v) is 10.8. The van der Waals surface area contributed by atoms with Crippen LogP contribution in [0.15, 0.2) is 35.9 Å². The van der Waals surface area contributed by atoms with E-state index in [2.05, 4.69) is 28.0 Å². The van der Waals surface area contributed by atoms with Crippen LogP contribution in [-0.4, -0.2) is 30.7 Å². The van der Waals surface area contributed by atoms with E-state index >= 15 is 0 Å². The van der Waals surface area contributed by atoms with Crippen molar-refractivity contribution in [3.8, 4) is 6.07 Å². The maximum atomic E-state index is 11.2. The Morgan fingerprint density at radius 1 is 0.967 bits per heavy atom. The van der Waals surface area contributed by atoms with Crippen molar-refractivity contribution in [1.29, 1.82) is 5.26 Å². The van der Waals surface area contributed by atoms with Gasteiger partial charge in [-0.15, -0.1) is 0 Å². The first-order chi connectivity index (χ1) is 14.6. The fraction of sp³-hybridized carbons (Fsp3) is 0.360. The van der Waals surface area contributed by atoms with Crippen LogP contribution in [0.5, 0.6) is 0 Å². The molecule has 0 atom stereocenters. The number of nitrogens with zero attached hydrogens (tertiary/aromatic N) is 3. The van der Waals surface area contributed by atoms with Gasteiger partial charge in [0.05, 0.1) is 0 Å². The van der Waals surface area contributed by atoms with Crippen LogP contribution >= 0.6 is 0 Å². The van der Waals surface area contributed by atoms with Gasteiger partial charge in [-0.25, -0.2) is 4.79 Å². The Morgan fingerprint density at radius 3 is 2.30 bits per heavy atom. The maximum Gasteiger partial charge on any atom is 0.346 e. The Balaban J connectivity index is 1.53. The molecule has 5 rings (SSSR count). The number of carboxylic acids is 1. The highest BCUT2D eigenvalue weighted by molar-refractivity contribution is 5.96. The molecule has 0 radical (unpaired) electrons. The monoisotopic (exact) mass is 399 g/mol. The van der Waals surface area contributed by atoms with Crippen LogP contribution in [0.2, 0.25) is 0 Å². The minimum Gasteiger partial charge on any atom is -0.477 e. The summed E-state index contributed by atoms with van der Waals surface area (Å²) in [6, 6.07) is 12.6. The van der Waals surface area contributed by atoms with Crippen molar-refractivity contribution in [2.75, 3.05) is 29.4 Å². The first kappa shape index (κ1) is 18.7. The third-order valence-electron chi connectivity index (χ3n) is 6.51. The van der Waals surface area contributed by atoms with E-state index in [1.165, 1.54) is 65.8 Å². The molecule has 3 aliphatic heterocycles. The second-order valence-electron chi connectivity index (χ2n) is 8.43. The van der Waals surface area contributed by atoms with Gasteiger partial charge < -0.3 is 14.9 Å². The molecule has 5 nitrogen and oxygen atoms in total. The Morgan fingerprint density at radius 2 is 1.63 bits per heavy atom. The van der Waals surface area contributed by atoms with Crippen LogP contribution in [0.3, 0.4) is 0 Å². The maximum absolute atomic E-state index is 11.2. The minimum atomic E-state index is -1.19. The van der Waals surface area contributed by atoms with Gasteiger partial charge in [0.15, 0.2) is 0 Å². The number of carboxylic acid groups (broad SMARTS) is 1. The smallest absolute Gasteiger partial charge is 0.346 e. The second-order valence-corrected chi connectivity index (χ2v) is 8.43. The van der Waals surface area contributed by atoms with Crippen LogP contribution < -0.4 is 9.80 Å². The molecular weight excluding hydrogens is 374 g/mol. The summed E-state index contributed by atoms with van der Waals surface area (Å²) in [5.74, 6) is -1.19. The molecule has 0 aromatic heterocycles. The van der Waals surface area contributed by atoms with Crippen molar-refractivity contribution in [2.24, 2.45) is 0 Å². The highest BCUT2D eigenvalue weighted by Gasteiger charge is 2.26. The fourth-order valence-electron chi connectivity index (χ4n) is 5.22. The van der Waals surface area contributed by atoms with Crippen LogP contribution in [0.1, 0.15) is 41.5 Å². The van der Waals surface area contributed by atoms with Crippen LogP contribution in [0.4, 0.5) is 17.1 Å². The topological polar surface area (TPSA) is 67.6 Å². The third-order valence-corrected chi connectivity index (χ3v) is 6.51. The van der Waals surface area contributed by atoms with Gasteiger partial charge in [0.25, 0.3) is 0 Å². The summed E-state index contributed by atoms with van der Waals surface area (Å²) in [7, 11) is 0. The number of benzene rings is 2. The van der Waals surface area contributed by atoms with E-state index in [1.807, 2.05) is 12.1 Å². The lowest BCUT2D eigenvalue weighted by atomic mass is 9.90. The van der Waals surface area contributed by atoms with Crippen molar-refractivity contribution in [1.82, 2.24) is 0 Å². The third kappa shape index (κ3) is 3.23. The number of aliphatic carboxylic acids is 1. The summed E-state index contributed by atoms with van der Waals surface area (Å²) < 4.78 is 0. The molecule has 3 heterocycles. The molecule has 1 N–H and O–H groups in total. The van der Waals surface area contributed by atoms with E-state index < -0.39 is 5.97 Å². The zero-order chi connectivity index (χ0) is 20.7. The van der Waals surface area contributed by atoms with E-state index in [-0.39, 0.29) is 5.57 Å². The molecule has 0 aliphatic carbocycles. The molecule has 0 saturated heterocycles. The average molecular weight is 399 g/mol. The van der Waals surface area contributed by atoms with Crippen molar-refractivity contribution in [3.63, 3.8) is 0 Å². The van der Waals surface area contributed by atoms with Crippen molar-refractivity contribution >= 4 is 29.1 Å². The van der Waals surface area contributed by atoms with Gasteiger partial charge in [-0.2, -0.15) is 5.26 Å². The van der Waals surface area contributed by atoms with Crippen LogP contribution in [-0.2, 0) is 24.1 Å². The summed E-state index contributed by atoms with van der Waals surface area (Å²) in [6.07, 6.45) is 8.25. The van der Waals surface area contributed by atoms with E-state index in [1.54, 1.807) is 6.07 Å². The number of fused-ring (bicyclic) bond motifs is 1. The SMILES string of the molecule is N#CC(=Cc1ccc2c(c1)CCCN2c1cc2c3c(c1)CCCN3CCC2)C(=O)O. The zero-order valence-corrected chi connectivity index (χ0v) is 17.0. The lowest BCUT2D eigenvalue weighted by Gasteiger charge is -2.39. The lowest BCUT2D eigenvalue weighted by molar-refractivity contribution is -0.132. The summed E-state index contributed by atoms with van der Waals surface area (Å²) in [5, 5.41) is 18.2. The molecule has 30 heavy (non-hydrogen) atoms. The van der Waals surface area contributed by atoms with Gasteiger partial charge in [0.1, 0.15) is 11.6 Å². The summed E-state index contributed by atoms with van der Waals surface area (Å²) >= 11 is 0. The predicted octanol–water partition coefficient (Wildman–Crippen LogP) is 4.46. The number of hydrogen-bond acceptors (Lipinski definition) is 4. The van der Waals surface area contributed by atoms with Crippen molar-refractivity contribution < 1.29 is 9.90 Å². The van der Waals surface area contributed by atoms with Gasteiger partial charge in [-0.05, 0) is 91.1 Å². The summed E-state index contributed by atoms with van der Waals surface area (Å²) in [4.78, 5) is 16.1. The number of anilines is 3. The quantitative estimate of drug-likeness (QED) is 0.610. The Kier molecular flexibility index (Phi) is 4.71. The minimum absolute atomic E-state index is 0.235. The molecule has 0 saturated carbocycles. The van der Waals surface area contributed by atoms with Gasteiger partial charge in [0.2, 0.25) is 0 Å². The number of carbonyl (C=O) groups is 1. The Labute approximate surface area is 176 Å². The second kappa shape index (κ2) is 7.53. The van der Waals surface area contributed by atoms with Gasteiger partial charge in [0, 0.05) is 36.7 Å². The Bertz CT molecular complexity index is 1070. The average Bonchev–Trinajstić information content (AvgIpc) is 2.77. The van der Waals surface area contributed by atoms with Gasteiger partial charge in [-0.1, -0.05) is 6.07 Å². The number of aryl methyl sites for hydroxylation is 3. The molecule has 2 aromatic carbocycles. The molecule has 0 fully saturated rings. The number of nitriles is 1. The van der Waals surface area contributed by atoms with Crippen molar-refractivity contribution in [2.45, 2.75) is 38.5 Å². The molecular formula is C25H25N3O2. The highest BCUT2D eigenvalue weighted by Crippen LogP contribution is 2.41. The molecule has 0 spiro atoms. The predicted molar refractivity (Wildman–Crippen MR) is 118 cm³/mol. The highest BCUT2D eigenvalue weighted by atomic mass is 16.4. The van der Waals surface area contributed by atoms with Gasteiger partial charge in [-0.3, -0.25) is 0 Å². The standard InChI is InChI=1S/C25H25N3O2/c26-16-21(25(29)30)13-17-7-8-23-18(12-17)4-3-11-28(23)22-14-19-5-1-9-27-10-2-6-20(15-22)24(19)27/h7-8,12-15H,1-6,9-11H2,(H,29,30). The molecule has 0 unspecified atom stereocenters. The molecule has 0 bridgehead atoms. The number of hydrogen-bond donors (Lipinski definition) is 1. The van der Waals surface area contributed by atoms with E-state index in [9.17, 15) is 4.79 Å². The molecule has 5 heteroatoms. The normalized spacial score (nSPS) is 17.8. The molecule has 0 amide bonds. The van der Waals surface area contributed by atoms with Crippen LogP contribution in [0, 0.1) is 11.3 Å².